The fourth-order valence-corrected chi connectivity index (χ4v) is 5.26. The topological polar surface area (TPSA) is 75.8 Å². The lowest BCUT2D eigenvalue weighted by atomic mass is 9.96. The van der Waals surface area contributed by atoms with Crippen LogP contribution in [0.25, 0.3) is 5.57 Å². The van der Waals surface area contributed by atoms with Gasteiger partial charge in [0.25, 0.3) is 11.5 Å². The largest absolute Gasteiger partial charge is 0.321 e. The van der Waals surface area contributed by atoms with Crippen molar-refractivity contribution < 1.29 is 4.79 Å². The molecule has 0 aliphatic carbocycles. The van der Waals surface area contributed by atoms with E-state index in [4.69, 9.17) is 0 Å². The highest BCUT2D eigenvalue weighted by Crippen LogP contribution is 2.29. The molecule has 6 rings (SSSR count). The van der Waals surface area contributed by atoms with Crippen LogP contribution in [0.5, 0.6) is 0 Å². The first-order valence-electron chi connectivity index (χ1n) is 10.1. The summed E-state index contributed by atoms with van der Waals surface area (Å²) in [5.41, 5.74) is 4.10. The molecular formula is C25H16N4O2S. The molecule has 1 unspecified atom stereocenters. The summed E-state index contributed by atoms with van der Waals surface area (Å²) < 4.78 is 2.03. The van der Waals surface area contributed by atoms with Gasteiger partial charge in [-0.3, -0.25) is 14.2 Å². The van der Waals surface area contributed by atoms with E-state index >= 15 is 0 Å². The molecule has 0 bridgehead atoms. The number of hydrogen-bond donors (Lipinski definition) is 1. The number of para-hydroxylation sites is 1. The summed E-state index contributed by atoms with van der Waals surface area (Å²) >= 11 is 1.20. The Morgan fingerprint density at radius 2 is 1.50 bits per heavy atom. The summed E-state index contributed by atoms with van der Waals surface area (Å²) in [4.78, 5) is 27.0. The Morgan fingerprint density at radius 1 is 0.812 bits per heavy atom. The lowest BCUT2D eigenvalue weighted by Crippen LogP contribution is -2.41. The summed E-state index contributed by atoms with van der Waals surface area (Å²) in [6.45, 7) is 0. The molecule has 2 aliphatic rings. The molecule has 7 heteroatoms. The summed E-state index contributed by atoms with van der Waals surface area (Å²) in [5.74, 6) is -0.275. The first-order chi connectivity index (χ1) is 15.7. The van der Waals surface area contributed by atoms with E-state index in [0.29, 0.717) is 26.3 Å². The number of rotatable bonds is 2. The van der Waals surface area contributed by atoms with Crippen LogP contribution in [0.4, 0.5) is 5.69 Å². The molecule has 0 fully saturated rings. The van der Waals surface area contributed by atoms with Crippen LogP contribution in [-0.4, -0.2) is 16.2 Å². The van der Waals surface area contributed by atoms with E-state index in [9.17, 15) is 9.59 Å². The lowest BCUT2D eigenvalue weighted by Gasteiger charge is -2.22. The molecular weight excluding hydrogens is 420 g/mol. The van der Waals surface area contributed by atoms with Crippen LogP contribution in [-0.2, 0) is 4.79 Å². The molecule has 1 aromatic heterocycles. The van der Waals surface area contributed by atoms with Gasteiger partial charge in [0.2, 0.25) is 4.80 Å². The Kier molecular flexibility index (Phi) is 4.22. The SMILES string of the molecule is O=C1Nc2ccccc2C1=c1sc2n(c1=O)C(c1ccccc1)C(c1ccccc1)=NN=2. The zero-order valence-electron chi connectivity index (χ0n) is 16.7. The van der Waals surface area contributed by atoms with Crippen molar-refractivity contribution in [1.82, 2.24) is 4.57 Å². The highest BCUT2D eigenvalue weighted by atomic mass is 32.1. The fourth-order valence-electron chi connectivity index (χ4n) is 4.22. The summed E-state index contributed by atoms with van der Waals surface area (Å²) in [6, 6.07) is 26.5. The van der Waals surface area contributed by atoms with E-state index in [2.05, 4.69) is 15.5 Å². The van der Waals surface area contributed by atoms with Crippen molar-refractivity contribution in [3.8, 4) is 0 Å². The number of aromatic nitrogens is 1. The first-order valence-corrected chi connectivity index (χ1v) is 11.0. The lowest BCUT2D eigenvalue weighted by molar-refractivity contribution is -0.110. The van der Waals surface area contributed by atoms with Crippen LogP contribution in [0, 0.1) is 0 Å². The van der Waals surface area contributed by atoms with E-state index in [1.54, 1.807) is 4.57 Å². The van der Waals surface area contributed by atoms with Gasteiger partial charge in [-0.25, -0.2) is 0 Å². The predicted molar refractivity (Wildman–Crippen MR) is 125 cm³/mol. The Bertz CT molecular complexity index is 1580. The minimum absolute atomic E-state index is 0.243. The van der Waals surface area contributed by atoms with E-state index in [1.807, 2.05) is 84.9 Å². The zero-order chi connectivity index (χ0) is 21.7. The molecule has 32 heavy (non-hydrogen) atoms. The van der Waals surface area contributed by atoms with Gasteiger partial charge in [-0.1, -0.05) is 90.2 Å². The highest BCUT2D eigenvalue weighted by Gasteiger charge is 2.31. The molecule has 2 aliphatic heterocycles. The number of amides is 1. The number of nitrogens with one attached hydrogen (secondary N) is 1. The van der Waals surface area contributed by atoms with Gasteiger partial charge < -0.3 is 5.32 Å². The van der Waals surface area contributed by atoms with Gasteiger partial charge in [0, 0.05) is 16.8 Å². The van der Waals surface area contributed by atoms with Crippen molar-refractivity contribution in [1.29, 1.82) is 0 Å². The van der Waals surface area contributed by atoms with Crippen molar-refractivity contribution in [2.24, 2.45) is 10.2 Å². The van der Waals surface area contributed by atoms with E-state index in [-0.39, 0.29) is 11.5 Å². The van der Waals surface area contributed by atoms with Crippen LogP contribution in [0.2, 0.25) is 0 Å². The van der Waals surface area contributed by atoms with Crippen molar-refractivity contribution >= 4 is 34.2 Å². The Morgan fingerprint density at radius 3 is 2.28 bits per heavy atom. The minimum atomic E-state index is -0.441. The number of anilines is 1. The van der Waals surface area contributed by atoms with Crippen LogP contribution < -0.4 is 20.2 Å². The van der Waals surface area contributed by atoms with E-state index in [0.717, 1.165) is 16.7 Å². The average molecular weight is 436 g/mol. The molecule has 0 radical (unpaired) electrons. The number of thiazole rings is 1. The number of benzene rings is 3. The van der Waals surface area contributed by atoms with Gasteiger partial charge in [-0.05, 0) is 11.6 Å². The van der Waals surface area contributed by atoms with Gasteiger partial charge in [0.05, 0.1) is 11.3 Å². The first kappa shape index (κ1) is 18.7. The second-order valence-corrected chi connectivity index (χ2v) is 8.51. The van der Waals surface area contributed by atoms with Crippen molar-refractivity contribution in [2.45, 2.75) is 6.04 Å². The third kappa shape index (κ3) is 2.79. The van der Waals surface area contributed by atoms with Crippen molar-refractivity contribution in [3.05, 3.63) is 121 Å². The van der Waals surface area contributed by atoms with Crippen molar-refractivity contribution in [2.75, 3.05) is 5.32 Å². The Labute approximate surface area is 186 Å². The van der Waals surface area contributed by atoms with Gasteiger partial charge >= 0.3 is 0 Å². The molecule has 0 saturated heterocycles. The molecule has 1 atom stereocenters. The van der Waals surface area contributed by atoms with Gasteiger partial charge in [-0.2, -0.15) is 0 Å². The maximum atomic E-state index is 13.8. The van der Waals surface area contributed by atoms with Crippen LogP contribution in [0.1, 0.15) is 22.7 Å². The Balaban J connectivity index is 1.65. The molecule has 1 N–H and O–H groups in total. The number of nitrogens with zero attached hydrogens (tertiary/aromatic N) is 3. The standard InChI is InChI=1S/C25H16N4O2S/c30-23-19(17-13-7-8-14-18(17)26-23)22-24(31)29-21(16-11-5-2-6-12-16)20(27-28-25(29)32-22)15-9-3-1-4-10-15/h1-14,21H,(H,26,30). The monoisotopic (exact) mass is 436 g/mol. The summed E-state index contributed by atoms with van der Waals surface area (Å²) in [6.07, 6.45) is 0. The third-order valence-electron chi connectivity index (χ3n) is 5.66. The van der Waals surface area contributed by atoms with Crippen LogP contribution in [0.3, 0.4) is 0 Å². The van der Waals surface area contributed by atoms with Gasteiger partial charge in [0.15, 0.2) is 0 Å². The van der Waals surface area contributed by atoms with E-state index in [1.165, 1.54) is 11.3 Å². The molecule has 0 spiro atoms. The van der Waals surface area contributed by atoms with Gasteiger partial charge in [0.1, 0.15) is 10.6 Å². The number of carbonyl (C=O) groups is 1. The molecule has 4 aromatic rings. The molecule has 0 saturated carbocycles. The Hall–Kier alpha value is -4.10. The summed E-state index contributed by atoms with van der Waals surface area (Å²) in [5, 5.41) is 11.8. The maximum Gasteiger partial charge on any atom is 0.272 e. The smallest absolute Gasteiger partial charge is 0.272 e. The summed E-state index contributed by atoms with van der Waals surface area (Å²) in [7, 11) is 0. The third-order valence-corrected chi connectivity index (χ3v) is 6.70. The predicted octanol–water partition coefficient (Wildman–Crippen LogP) is 2.69. The molecule has 3 aromatic carbocycles. The second kappa shape index (κ2) is 7.25. The van der Waals surface area contributed by atoms with Gasteiger partial charge in [-0.15, -0.1) is 10.2 Å². The molecule has 1 amide bonds. The number of carbonyl (C=O) groups excluding carboxylic acids is 1. The normalized spacial score (nSPS) is 18.3. The van der Waals surface area contributed by atoms with Crippen molar-refractivity contribution in [3.63, 3.8) is 0 Å². The highest BCUT2D eigenvalue weighted by molar-refractivity contribution is 7.07. The molecule has 3 heterocycles. The number of fused-ring (bicyclic) bond motifs is 2. The molecule has 154 valence electrons. The minimum Gasteiger partial charge on any atom is -0.321 e. The quantitative estimate of drug-likeness (QED) is 0.525. The van der Waals surface area contributed by atoms with Crippen LogP contribution >= 0.6 is 11.3 Å². The zero-order valence-corrected chi connectivity index (χ0v) is 17.5. The maximum absolute atomic E-state index is 13.8. The molecule has 6 nitrogen and oxygen atoms in total. The second-order valence-electron chi connectivity index (χ2n) is 7.53. The van der Waals surface area contributed by atoms with Crippen LogP contribution in [0.15, 0.2) is 99.9 Å². The van der Waals surface area contributed by atoms with E-state index < -0.39 is 6.04 Å². The number of hydrogen-bond acceptors (Lipinski definition) is 5. The average Bonchev–Trinajstić information content (AvgIpc) is 3.35. The fraction of sp³-hybridized carbons (Fsp3) is 0.0400.